The monoisotopic (exact) mass is 434 g/mol. The summed E-state index contributed by atoms with van der Waals surface area (Å²) in [6, 6.07) is 27.6. The molecule has 3 aromatic carbocycles. The van der Waals surface area contributed by atoms with E-state index in [4.69, 9.17) is 0 Å². The molecule has 0 fully saturated rings. The first-order valence-corrected chi connectivity index (χ1v) is 10.5. The fraction of sp³-hybridized carbons (Fsp3) is 0.0400. The molecule has 162 valence electrons. The minimum absolute atomic E-state index is 0.320. The van der Waals surface area contributed by atoms with Crippen molar-refractivity contribution in [1.29, 1.82) is 0 Å². The third kappa shape index (κ3) is 4.80. The molecule has 0 bridgehead atoms. The summed E-state index contributed by atoms with van der Waals surface area (Å²) < 4.78 is 0. The summed E-state index contributed by atoms with van der Waals surface area (Å²) in [4.78, 5) is 16.7. The molecule has 0 spiro atoms. The molecule has 8 heteroatoms. The summed E-state index contributed by atoms with van der Waals surface area (Å²) in [5, 5.41) is 12.1. The van der Waals surface area contributed by atoms with Crippen LogP contribution < -0.4 is 16.1 Å². The highest BCUT2D eigenvalue weighted by molar-refractivity contribution is 6.09. The third-order valence-electron chi connectivity index (χ3n) is 5.00. The normalized spacial score (nSPS) is 11.4. The van der Waals surface area contributed by atoms with Crippen LogP contribution in [0.5, 0.6) is 0 Å². The number of hydrogen-bond acceptors (Lipinski definition) is 7. The number of benzene rings is 3. The zero-order chi connectivity index (χ0) is 22.5. The van der Waals surface area contributed by atoms with Crippen molar-refractivity contribution in [2.75, 3.05) is 16.1 Å². The molecule has 0 aliphatic carbocycles. The Balaban J connectivity index is 1.44. The van der Waals surface area contributed by atoms with Crippen LogP contribution in [-0.2, 0) is 0 Å². The van der Waals surface area contributed by atoms with Gasteiger partial charge in [-0.2, -0.15) is 20.1 Å². The average Bonchev–Trinajstić information content (AvgIpc) is 3.28. The summed E-state index contributed by atoms with van der Waals surface area (Å²) >= 11 is 0. The molecule has 0 radical (unpaired) electrons. The third-order valence-corrected chi connectivity index (χ3v) is 5.00. The van der Waals surface area contributed by atoms with Crippen molar-refractivity contribution in [2.24, 2.45) is 5.10 Å². The molecule has 33 heavy (non-hydrogen) atoms. The van der Waals surface area contributed by atoms with Gasteiger partial charge in [-0.05, 0) is 37.3 Å². The second-order valence-electron chi connectivity index (χ2n) is 7.35. The van der Waals surface area contributed by atoms with Crippen molar-refractivity contribution in [1.82, 2.24) is 19.9 Å². The van der Waals surface area contributed by atoms with Gasteiger partial charge < -0.3 is 15.6 Å². The molecule has 0 unspecified atom stereocenters. The molecule has 0 aliphatic rings. The van der Waals surface area contributed by atoms with Gasteiger partial charge in [-0.15, -0.1) is 0 Å². The second-order valence-corrected chi connectivity index (χ2v) is 7.35. The molecule has 5 rings (SSSR count). The molecule has 0 atom stereocenters. The fourth-order valence-corrected chi connectivity index (χ4v) is 3.40. The molecular weight excluding hydrogens is 412 g/mol. The number of nitrogens with one attached hydrogen (secondary N) is 4. The van der Waals surface area contributed by atoms with E-state index in [2.05, 4.69) is 47.2 Å². The zero-order valence-electron chi connectivity index (χ0n) is 17.9. The Morgan fingerprint density at radius 2 is 1.24 bits per heavy atom. The van der Waals surface area contributed by atoms with Gasteiger partial charge in [0.05, 0.1) is 5.71 Å². The van der Waals surface area contributed by atoms with Crippen molar-refractivity contribution in [3.05, 3.63) is 96.7 Å². The first-order chi connectivity index (χ1) is 16.2. The Bertz CT molecular complexity index is 1330. The highest BCUT2D eigenvalue weighted by atomic mass is 15.4. The van der Waals surface area contributed by atoms with Crippen LogP contribution in [0.15, 0.2) is 96.2 Å². The lowest BCUT2D eigenvalue weighted by Gasteiger charge is -2.10. The molecule has 8 nitrogen and oxygen atoms in total. The number of aromatic nitrogens is 4. The van der Waals surface area contributed by atoms with E-state index in [1.165, 1.54) is 0 Å². The van der Waals surface area contributed by atoms with Crippen molar-refractivity contribution < 1.29 is 0 Å². The minimum Gasteiger partial charge on any atom is -0.360 e. The number of nitrogens with zero attached hydrogens (tertiary/aromatic N) is 4. The van der Waals surface area contributed by atoms with E-state index in [1.54, 1.807) is 0 Å². The maximum atomic E-state index is 4.52. The van der Waals surface area contributed by atoms with Crippen LogP contribution in [0.4, 0.5) is 29.2 Å². The highest BCUT2D eigenvalue weighted by Gasteiger charge is 2.09. The molecule has 0 saturated heterocycles. The summed E-state index contributed by atoms with van der Waals surface area (Å²) in [6.07, 6.45) is 1.95. The van der Waals surface area contributed by atoms with Crippen molar-refractivity contribution in [3.63, 3.8) is 0 Å². The van der Waals surface area contributed by atoms with Gasteiger partial charge in [0.1, 0.15) is 0 Å². The molecule has 2 heterocycles. The number of aromatic amines is 1. The van der Waals surface area contributed by atoms with Crippen LogP contribution in [0, 0.1) is 0 Å². The maximum absolute atomic E-state index is 4.52. The van der Waals surface area contributed by atoms with Gasteiger partial charge in [-0.3, -0.25) is 0 Å². The quantitative estimate of drug-likeness (QED) is 0.194. The summed E-state index contributed by atoms with van der Waals surface area (Å²) in [5.41, 5.74) is 7.61. The standard InChI is InChI=1S/C25H22N8/c1-17(21-16-26-22-15-9-8-14-20(21)22)32-33-25-30-23(27-18-10-4-2-5-11-18)29-24(31-25)28-19-12-6-3-7-13-19/h2-16,26H,1H3,(H3,27,28,29,30,31,33). The van der Waals surface area contributed by atoms with Crippen molar-refractivity contribution in [2.45, 2.75) is 6.92 Å². The van der Waals surface area contributed by atoms with Crippen molar-refractivity contribution >= 4 is 45.8 Å². The number of rotatable bonds is 7. The number of para-hydroxylation sites is 3. The highest BCUT2D eigenvalue weighted by Crippen LogP contribution is 2.20. The average molecular weight is 435 g/mol. The van der Waals surface area contributed by atoms with Gasteiger partial charge in [0.25, 0.3) is 0 Å². The first-order valence-electron chi connectivity index (χ1n) is 10.5. The predicted octanol–water partition coefficient (Wildman–Crippen LogP) is 5.68. The van der Waals surface area contributed by atoms with E-state index in [0.29, 0.717) is 17.8 Å². The number of hydrogen-bond donors (Lipinski definition) is 4. The Labute approximate surface area is 190 Å². The predicted molar refractivity (Wildman–Crippen MR) is 133 cm³/mol. The lowest BCUT2D eigenvalue weighted by Crippen LogP contribution is -2.08. The van der Waals surface area contributed by atoms with Crippen LogP contribution in [0.1, 0.15) is 12.5 Å². The van der Waals surface area contributed by atoms with Crippen LogP contribution >= 0.6 is 0 Å². The fourth-order valence-electron chi connectivity index (χ4n) is 3.40. The van der Waals surface area contributed by atoms with E-state index in [-0.39, 0.29) is 0 Å². The molecular formula is C25H22N8. The lowest BCUT2D eigenvalue weighted by atomic mass is 10.1. The molecule has 4 N–H and O–H groups in total. The Kier molecular flexibility index (Phi) is 5.62. The van der Waals surface area contributed by atoms with Gasteiger partial charge >= 0.3 is 0 Å². The van der Waals surface area contributed by atoms with Gasteiger partial charge in [0.15, 0.2) is 0 Å². The number of fused-ring (bicyclic) bond motifs is 1. The topological polar surface area (TPSA) is 103 Å². The SMILES string of the molecule is CC(=NNc1nc(Nc2ccccc2)nc(Nc2ccccc2)n1)c1c[nH]c2ccccc12. The molecule has 0 aliphatic heterocycles. The zero-order valence-corrected chi connectivity index (χ0v) is 17.9. The molecule has 0 saturated carbocycles. The van der Waals surface area contributed by atoms with Crippen LogP contribution in [-0.4, -0.2) is 25.6 Å². The smallest absolute Gasteiger partial charge is 0.250 e. The number of hydrazone groups is 1. The number of anilines is 5. The van der Waals surface area contributed by atoms with E-state index < -0.39 is 0 Å². The Hall–Kier alpha value is -4.72. The number of H-pyrrole nitrogens is 1. The summed E-state index contributed by atoms with van der Waals surface area (Å²) in [7, 11) is 0. The summed E-state index contributed by atoms with van der Waals surface area (Å²) in [6.45, 7) is 1.94. The largest absolute Gasteiger partial charge is 0.360 e. The van der Waals surface area contributed by atoms with E-state index in [0.717, 1.165) is 33.6 Å². The van der Waals surface area contributed by atoms with Gasteiger partial charge in [-0.1, -0.05) is 54.6 Å². The van der Waals surface area contributed by atoms with Gasteiger partial charge in [0.2, 0.25) is 17.8 Å². The second kappa shape index (κ2) is 9.19. The molecule has 2 aromatic heterocycles. The van der Waals surface area contributed by atoms with E-state index in [9.17, 15) is 0 Å². The first kappa shape index (κ1) is 20.2. The van der Waals surface area contributed by atoms with Gasteiger partial charge in [0, 0.05) is 34.0 Å². The lowest BCUT2D eigenvalue weighted by molar-refractivity contribution is 1.04. The molecule has 5 aromatic rings. The molecule has 0 amide bonds. The minimum atomic E-state index is 0.320. The van der Waals surface area contributed by atoms with Crippen LogP contribution in [0.3, 0.4) is 0 Å². The van der Waals surface area contributed by atoms with Crippen LogP contribution in [0.2, 0.25) is 0 Å². The van der Waals surface area contributed by atoms with E-state index >= 15 is 0 Å². The Morgan fingerprint density at radius 1 is 0.697 bits per heavy atom. The van der Waals surface area contributed by atoms with Gasteiger partial charge in [-0.25, -0.2) is 5.43 Å². The Morgan fingerprint density at radius 3 is 1.88 bits per heavy atom. The summed E-state index contributed by atoms with van der Waals surface area (Å²) in [5.74, 6) is 1.12. The maximum Gasteiger partial charge on any atom is 0.250 e. The van der Waals surface area contributed by atoms with E-state index in [1.807, 2.05) is 92.0 Å². The van der Waals surface area contributed by atoms with Crippen LogP contribution in [0.25, 0.3) is 10.9 Å². The van der Waals surface area contributed by atoms with Crippen molar-refractivity contribution in [3.8, 4) is 0 Å².